The Labute approximate surface area is 109 Å². The van der Waals surface area contributed by atoms with Gasteiger partial charge in [0.15, 0.2) is 5.43 Å². The van der Waals surface area contributed by atoms with Crippen LogP contribution in [-0.2, 0) is 0 Å². The number of aromatic nitrogens is 1. The Balaban J connectivity index is 2.78. The van der Waals surface area contributed by atoms with E-state index in [1.54, 1.807) is 31.2 Å². The van der Waals surface area contributed by atoms with E-state index in [1.165, 1.54) is 19.4 Å². The Kier molecular flexibility index (Phi) is 3.37. The lowest BCUT2D eigenvalue weighted by molar-refractivity contribution is 0.195. The van der Waals surface area contributed by atoms with E-state index in [-0.39, 0.29) is 5.43 Å². The average molecular weight is 259 g/mol. The number of carbonyl (C=O) groups is 1. The number of para-hydroxylation sites is 1. The number of benzene rings is 1. The SMILES string of the molecule is COc1ccccc1-c1c(C)n(C(=O)O)ccc1=O. The van der Waals surface area contributed by atoms with E-state index >= 15 is 0 Å². The fourth-order valence-electron chi connectivity index (χ4n) is 2.02. The highest BCUT2D eigenvalue weighted by Crippen LogP contribution is 2.29. The molecule has 98 valence electrons. The normalized spacial score (nSPS) is 10.2. The smallest absolute Gasteiger partial charge is 0.415 e. The monoisotopic (exact) mass is 259 g/mol. The summed E-state index contributed by atoms with van der Waals surface area (Å²) in [5.41, 5.74) is 1.05. The maximum Gasteiger partial charge on any atom is 0.415 e. The molecule has 0 saturated carbocycles. The van der Waals surface area contributed by atoms with Crippen LogP contribution >= 0.6 is 0 Å². The lowest BCUT2D eigenvalue weighted by Gasteiger charge is -2.12. The van der Waals surface area contributed by atoms with Gasteiger partial charge in [-0.3, -0.25) is 9.36 Å². The number of hydrogen-bond donors (Lipinski definition) is 1. The molecule has 0 spiro atoms. The maximum absolute atomic E-state index is 12.0. The number of pyridine rings is 1. The molecule has 0 aliphatic rings. The van der Waals surface area contributed by atoms with Gasteiger partial charge >= 0.3 is 6.09 Å². The molecular weight excluding hydrogens is 246 g/mol. The summed E-state index contributed by atoms with van der Waals surface area (Å²) in [5, 5.41) is 9.08. The first-order chi connectivity index (χ1) is 9.06. The summed E-state index contributed by atoms with van der Waals surface area (Å²) < 4.78 is 6.23. The maximum atomic E-state index is 12.0. The molecule has 1 N–H and O–H groups in total. The lowest BCUT2D eigenvalue weighted by atomic mass is 10.0. The van der Waals surface area contributed by atoms with Gasteiger partial charge in [0.1, 0.15) is 5.75 Å². The summed E-state index contributed by atoms with van der Waals surface area (Å²) in [5.74, 6) is 0.533. The van der Waals surface area contributed by atoms with E-state index in [2.05, 4.69) is 0 Å². The van der Waals surface area contributed by atoms with Crippen LogP contribution < -0.4 is 10.2 Å². The van der Waals surface area contributed by atoms with Crippen LogP contribution in [0.25, 0.3) is 11.1 Å². The topological polar surface area (TPSA) is 68.5 Å². The van der Waals surface area contributed by atoms with Crippen molar-refractivity contribution in [2.24, 2.45) is 0 Å². The number of ether oxygens (including phenoxy) is 1. The zero-order valence-corrected chi connectivity index (χ0v) is 10.6. The van der Waals surface area contributed by atoms with Gasteiger partial charge in [-0.15, -0.1) is 0 Å². The Morgan fingerprint density at radius 2 is 1.95 bits per heavy atom. The van der Waals surface area contributed by atoms with Gasteiger partial charge in [-0.25, -0.2) is 4.79 Å². The zero-order valence-electron chi connectivity index (χ0n) is 10.6. The third-order valence-corrected chi connectivity index (χ3v) is 2.93. The molecule has 5 nitrogen and oxygen atoms in total. The van der Waals surface area contributed by atoms with Crippen molar-refractivity contribution in [2.45, 2.75) is 6.92 Å². The number of carboxylic acid groups (broad SMARTS) is 1. The second-order valence-electron chi connectivity index (χ2n) is 3.99. The molecular formula is C14H13NO4. The highest BCUT2D eigenvalue weighted by Gasteiger charge is 2.15. The number of methoxy groups -OCH3 is 1. The lowest BCUT2D eigenvalue weighted by Crippen LogP contribution is -2.18. The van der Waals surface area contributed by atoms with E-state index in [9.17, 15) is 9.59 Å². The summed E-state index contributed by atoms with van der Waals surface area (Å²) in [6, 6.07) is 8.26. The van der Waals surface area contributed by atoms with Crippen LogP contribution in [-0.4, -0.2) is 22.9 Å². The standard InChI is InChI=1S/C14H13NO4/c1-9-13(10-5-3-4-6-12(10)19-2)11(16)7-8-15(9)14(17)18/h3-8H,1-2H3,(H,17,18). The summed E-state index contributed by atoms with van der Waals surface area (Å²) in [6.45, 7) is 1.59. The molecule has 0 amide bonds. The van der Waals surface area contributed by atoms with Crippen LogP contribution in [0.3, 0.4) is 0 Å². The molecule has 19 heavy (non-hydrogen) atoms. The molecule has 0 saturated heterocycles. The van der Waals surface area contributed by atoms with Gasteiger partial charge in [0.2, 0.25) is 0 Å². The first-order valence-corrected chi connectivity index (χ1v) is 5.65. The predicted octanol–water partition coefficient (Wildman–Crippen LogP) is 2.36. The molecule has 0 aliphatic carbocycles. The number of rotatable bonds is 2. The molecule has 1 aromatic heterocycles. The quantitative estimate of drug-likeness (QED) is 0.898. The number of hydrogen-bond acceptors (Lipinski definition) is 3. The molecule has 0 fully saturated rings. The van der Waals surface area contributed by atoms with Crippen LogP contribution in [0.5, 0.6) is 5.75 Å². The molecule has 0 atom stereocenters. The summed E-state index contributed by atoms with van der Waals surface area (Å²) in [4.78, 5) is 23.1. The fraction of sp³-hybridized carbons (Fsp3) is 0.143. The van der Waals surface area contributed by atoms with Gasteiger partial charge in [0, 0.05) is 23.5 Å². The zero-order chi connectivity index (χ0) is 14.0. The Hall–Kier alpha value is -2.56. The summed E-state index contributed by atoms with van der Waals surface area (Å²) >= 11 is 0. The molecule has 0 radical (unpaired) electrons. The Morgan fingerprint density at radius 3 is 2.58 bits per heavy atom. The van der Waals surface area contributed by atoms with E-state index in [4.69, 9.17) is 9.84 Å². The molecule has 5 heteroatoms. The van der Waals surface area contributed by atoms with E-state index in [0.29, 0.717) is 22.6 Å². The van der Waals surface area contributed by atoms with Crippen LogP contribution in [0, 0.1) is 6.92 Å². The second-order valence-corrected chi connectivity index (χ2v) is 3.99. The van der Waals surface area contributed by atoms with Gasteiger partial charge in [-0.1, -0.05) is 18.2 Å². The van der Waals surface area contributed by atoms with E-state index in [1.807, 2.05) is 0 Å². The summed E-state index contributed by atoms with van der Waals surface area (Å²) in [7, 11) is 1.51. The Morgan fingerprint density at radius 1 is 1.26 bits per heavy atom. The molecule has 0 bridgehead atoms. The molecule has 1 heterocycles. The van der Waals surface area contributed by atoms with E-state index in [0.717, 1.165) is 4.57 Å². The second kappa shape index (κ2) is 4.97. The van der Waals surface area contributed by atoms with Crippen molar-refractivity contribution in [3.8, 4) is 16.9 Å². The van der Waals surface area contributed by atoms with Gasteiger partial charge in [-0.05, 0) is 13.0 Å². The van der Waals surface area contributed by atoms with Crippen molar-refractivity contribution in [2.75, 3.05) is 7.11 Å². The van der Waals surface area contributed by atoms with Crippen molar-refractivity contribution in [3.05, 3.63) is 52.4 Å². The highest BCUT2D eigenvalue weighted by atomic mass is 16.5. The molecule has 2 aromatic rings. The minimum absolute atomic E-state index is 0.237. The van der Waals surface area contributed by atoms with Crippen LogP contribution in [0.15, 0.2) is 41.3 Å². The molecule has 1 aromatic carbocycles. The van der Waals surface area contributed by atoms with Crippen molar-refractivity contribution in [3.63, 3.8) is 0 Å². The first kappa shape index (κ1) is 12.9. The highest BCUT2D eigenvalue weighted by molar-refractivity contribution is 5.77. The van der Waals surface area contributed by atoms with Gasteiger partial charge in [-0.2, -0.15) is 0 Å². The first-order valence-electron chi connectivity index (χ1n) is 5.65. The van der Waals surface area contributed by atoms with Gasteiger partial charge in [0.05, 0.1) is 12.7 Å². The Bertz CT molecular complexity index is 688. The average Bonchev–Trinajstić information content (AvgIpc) is 2.39. The van der Waals surface area contributed by atoms with Crippen LogP contribution in [0.4, 0.5) is 4.79 Å². The minimum atomic E-state index is -1.13. The van der Waals surface area contributed by atoms with Crippen LogP contribution in [0.1, 0.15) is 5.69 Å². The third kappa shape index (κ3) is 2.22. The minimum Gasteiger partial charge on any atom is -0.496 e. The van der Waals surface area contributed by atoms with Gasteiger partial charge in [0.25, 0.3) is 0 Å². The largest absolute Gasteiger partial charge is 0.496 e. The summed E-state index contributed by atoms with van der Waals surface area (Å²) in [6.07, 6.45) is 0.118. The van der Waals surface area contributed by atoms with Crippen molar-refractivity contribution in [1.29, 1.82) is 0 Å². The van der Waals surface area contributed by atoms with Crippen LogP contribution in [0.2, 0.25) is 0 Å². The van der Waals surface area contributed by atoms with Crippen molar-refractivity contribution < 1.29 is 14.6 Å². The van der Waals surface area contributed by atoms with Gasteiger partial charge < -0.3 is 9.84 Å². The van der Waals surface area contributed by atoms with Crippen molar-refractivity contribution in [1.82, 2.24) is 4.57 Å². The molecule has 2 rings (SSSR count). The third-order valence-electron chi connectivity index (χ3n) is 2.93. The molecule has 0 unspecified atom stereocenters. The van der Waals surface area contributed by atoms with Crippen molar-refractivity contribution >= 4 is 6.09 Å². The predicted molar refractivity (Wildman–Crippen MR) is 70.8 cm³/mol. The fourth-order valence-corrected chi connectivity index (χ4v) is 2.02. The van der Waals surface area contributed by atoms with E-state index < -0.39 is 6.09 Å². The molecule has 0 aliphatic heterocycles. The number of nitrogens with zero attached hydrogens (tertiary/aromatic N) is 1.